The topological polar surface area (TPSA) is 42.9 Å². The average Bonchev–Trinajstić information content (AvgIpc) is 2.05. The van der Waals surface area contributed by atoms with Gasteiger partial charge in [-0.15, -0.1) is 0 Å². The van der Waals surface area contributed by atoms with Crippen molar-refractivity contribution < 1.29 is 4.79 Å². The van der Waals surface area contributed by atoms with Crippen LogP contribution in [0.2, 0.25) is 0 Å². The maximum atomic E-state index is 11.2. The summed E-state index contributed by atoms with van der Waals surface area (Å²) < 4.78 is 0. The first-order valence-corrected chi connectivity index (χ1v) is 3.70. The summed E-state index contributed by atoms with van der Waals surface area (Å²) in [7, 11) is 0. The number of Topliss-reactive ketones (excluding diaryl/α,β-unsaturated/α-hetero) is 1. The summed E-state index contributed by atoms with van der Waals surface area (Å²) in [5.74, 6) is -0.0473. The maximum Gasteiger partial charge on any atom is 0.178 e. The normalized spacial score (nSPS) is 12.5. The minimum atomic E-state index is -0.291. The lowest BCUT2D eigenvalue weighted by molar-refractivity contribution is 0.0994. The van der Waals surface area contributed by atoms with Gasteiger partial charge in [0, 0.05) is 12.4 Å². The van der Waals surface area contributed by atoms with Crippen molar-refractivity contribution >= 4 is 18.4 Å². The predicted molar refractivity (Wildman–Crippen MR) is 44.8 cm³/mol. The molecule has 58 valence electrons. The molecule has 3 nitrogen and oxygen atoms in total. The first-order chi connectivity index (χ1) is 5.22. The van der Waals surface area contributed by atoms with Crippen LogP contribution >= 0.6 is 12.6 Å². The Morgan fingerprint density at radius 3 is 2.55 bits per heavy atom. The van der Waals surface area contributed by atoms with Gasteiger partial charge in [-0.25, -0.2) is 9.97 Å². The highest BCUT2D eigenvalue weighted by Crippen LogP contribution is 2.03. The second kappa shape index (κ2) is 3.48. The summed E-state index contributed by atoms with van der Waals surface area (Å²) in [6, 6.07) is 0. The molecule has 1 aromatic rings. The number of carbonyl (C=O) groups excluding carboxylic acids is 1. The Kier molecular flexibility index (Phi) is 2.59. The third kappa shape index (κ3) is 2.01. The third-order valence-corrected chi connectivity index (χ3v) is 1.46. The van der Waals surface area contributed by atoms with E-state index in [-0.39, 0.29) is 11.0 Å². The molecule has 0 radical (unpaired) electrons. The van der Waals surface area contributed by atoms with Crippen LogP contribution in [0.15, 0.2) is 18.7 Å². The molecular formula is C7H8N2OS. The van der Waals surface area contributed by atoms with Crippen LogP contribution in [-0.2, 0) is 0 Å². The SMILES string of the molecule is CC(S)C(=O)c1cncnc1. The Morgan fingerprint density at radius 2 is 2.09 bits per heavy atom. The van der Waals surface area contributed by atoms with Crippen molar-refractivity contribution in [3.8, 4) is 0 Å². The molecule has 1 unspecified atom stereocenters. The Bertz CT molecular complexity index is 248. The van der Waals surface area contributed by atoms with Gasteiger partial charge in [0.1, 0.15) is 6.33 Å². The molecule has 1 heterocycles. The fourth-order valence-corrected chi connectivity index (χ4v) is 0.817. The van der Waals surface area contributed by atoms with E-state index in [0.29, 0.717) is 5.56 Å². The van der Waals surface area contributed by atoms with Gasteiger partial charge in [0.2, 0.25) is 0 Å². The van der Waals surface area contributed by atoms with Crippen molar-refractivity contribution in [3.05, 3.63) is 24.3 Å². The van der Waals surface area contributed by atoms with Crippen LogP contribution < -0.4 is 0 Å². The van der Waals surface area contributed by atoms with E-state index in [9.17, 15) is 4.79 Å². The lowest BCUT2D eigenvalue weighted by atomic mass is 10.2. The largest absolute Gasteiger partial charge is 0.293 e. The van der Waals surface area contributed by atoms with Gasteiger partial charge in [-0.05, 0) is 6.92 Å². The van der Waals surface area contributed by atoms with Gasteiger partial charge < -0.3 is 0 Å². The summed E-state index contributed by atoms with van der Waals surface area (Å²) in [5, 5.41) is -0.291. The van der Waals surface area contributed by atoms with Crippen molar-refractivity contribution in [2.24, 2.45) is 0 Å². The average molecular weight is 168 g/mol. The predicted octanol–water partition coefficient (Wildman–Crippen LogP) is 0.978. The smallest absolute Gasteiger partial charge is 0.178 e. The van der Waals surface area contributed by atoms with E-state index in [2.05, 4.69) is 22.6 Å². The van der Waals surface area contributed by atoms with Gasteiger partial charge in [-0.1, -0.05) is 0 Å². The number of hydrogen-bond acceptors (Lipinski definition) is 4. The molecule has 0 saturated carbocycles. The van der Waals surface area contributed by atoms with Crippen LogP contribution in [-0.4, -0.2) is 21.0 Å². The monoisotopic (exact) mass is 168 g/mol. The molecule has 1 atom stereocenters. The molecule has 0 aromatic carbocycles. The fraction of sp³-hybridized carbons (Fsp3) is 0.286. The highest BCUT2D eigenvalue weighted by Gasteiger charge is 2.10. The molecule has 0 aliphatic heterocycles. The zero-order valence-electron chi connectivity index (χ0n) is 6.06. The minimum Gasteiger partial charge on any atom is -0.293 e. The summed E-state index contributed by atoms with van der Waals surface area (Å²) in [5.41, 5.74) is 0.509. The Morgan fingerprint density at radius 1 is 1.55 bits per heavy atom. The molecule has 1 rings (SSSR count). The number of carbonyl (C=O) groups is 1. The molecule has 0 amide bonds. The minimum absolute atomic E-state index is 0.0473. The molecule has 0 fully saturated rings. The number of rotatable bonds is 2. The van der Waals surface area contributed by atoms with E-state index in [4.69, 9.17) is 0 Å². The second-order valence-electron chi connectivity index (χ2n) is 2.17. The number of nitrogens with zero attached hydrogens (tertiary/aromatic N) is 2. The van der Waals surface area contributed by atoms with Crippen molar-refractivity contribution in [2.45, 2.75) is 12.2 Å². The van der Waals surface area contributed by atoms with Crippen LogP contribution in [0.5, 0.6) is 0 Å². The lowest BCUT2D eigenvalue weighted by Gasteiger charge is -2.00. The molecule has 0 aliphatic rings. The van der Waals surface area contributed by atoms with E-state index in [0.717, 1.165) is 0 Å². The summed E-state index contributed by atoms with van der Waals surface area (Å²) in [6.45, 7) is 1.72. The van der Waals surface area contributed by atoms with Gasteiger partial charge in [-0.2, -0.15) is 12.6 Å². The van der Waals surface area contributed by atoms with Crippen molar-refractivity contribution in [2.75, 3.05) is 0 Å². The van der Waals surface area contributed by atoms with Gasteiger partial charge >= 0.3 is 0 Å². The van der Waals surface area contributed by atoms with Crippen LogP contribution in [0.3, 0.4) is 0 Å². The van der Waals surface area contributed by atoms with Crippen molar-refractivity contribution in [1.29, 1.82) is 0 Å². The third-order valence-electron chi connectivity index (χ3n) is 1.22. The molecule has 1 aromatic heterocycles. The standard InChI is InChI=1S/C7H8N2OS/c1-5(11)7(10)6-2-8-4-9-3-6/h2-5,11H,1H3. The number of aromatic nitrogens is 2. The summed E-state index contributed by atoms with van der Waals surface area (Å²) in [4.78, 5) is 18.6. The summed E-state index contributed by atoms with van der Waals surface area (Å²) in [6.07, 6.45) is 4.37. The Hall–Kier alpha value is -0.900. The van der Waals surface area contributed by atoms with E-state index < -0.39 is 0 Å². The molecule has 0 saturated heterocycles. The van der Waals surface area contributed by atoms with Crippen LogP contribution in [0, 0.1) is 0 Å². The molecule has 0 bridgehead atoms. The van der Waals surface area contributed by atoms with Crippen LogP contribution in [0.25, 0.3) is 0 Å². The Balaban J connectivity index is 2.86. The number of hydrogen-bond donors (Lipinski definition) is 1. The zero-order chi connectivity index (χ0) is 8.27. The lowest BCUT2D eigenvalue weighted by Crippen LogP contribution is -2.10. The highest BCUT2D eigenvalue weighted by atomic mass is 32.1. The molecular weight excluding hydrogens is 160 g/mol. The van der Waals surface area contributed by atoms with Gasteiger partial charge in [0.15, 0.2) is 5.78 Å². The van der Waals surface area contributed by atoms with Gasteiger partial charge in [-0.3, -0.25) is 4.79 Å². The highest BCUT2D eigenvalue weighted by molar-refractivity contribution is 7.81. The fourth-order valence-electron chi connectivity index (χ4n) is 0.668. The van der Waals surface area contributed by atoms with E-state index in [1.165, 1.54) is 18.7 Å². The molecule has 11 heavy (non-hydrogen) atoms. The molecule has 0 aliphatic carbocycles. The van der Waals surface area contributed by atoms with Crippen LogP contribution in [0.4, 0.5) is 0 Å². The first kappa shape index (κ1) is 8.20. The van der Waals surface area contributed by atoms with E-state index in [1.54, 1.807) is 6.92 Å². The Labute approximate surface area is 70.3 Å². The van der Waals surface area contributed by atoms with Gasteiger partial charge in [0.25, 0.3) is 0 Å². The molecule has 0 N–H and O–H groups in total. The quantitative estimate of drug-likeness (QED) is 0.528. The molecule has 4 heteroatoms. The zero-order valence-corrected chi connectivity index (χ0v) is 6.95. The summed E-state index contributed by atoms with van der Waals surface area (Å²) >= 11 is 4.00. The van der Waals surface area contributed by atoms with E-state index in [1.807, 2.05) is 0 Å². The number of ketones is 1. The first-order valence-electron chi connectivity index (χ1n) is 3.19. The van der Waals surface area contributed by atoms with Crippen molar-refractivity contribution in [3.63, 3.8) is 0 Å². The second-order valence-corrected chi connectivity index (χ2v) is 2.94. The number of thiol groups is 1. The maximum absolute atomic E-state index is 11.2. The van der Waals surface area contributed by atoms with Gasteiger partial charge in [0.05, 0.1) is 10.8 Å². The van der Waals surface area contributed by atoms with Crippen molar-refractivity contribution in [1.82, 2.24) is 9.97 Å². The van der Waals surface area contributed by atoms with E-state index >= 15 is 0 Å². The molecule has 0 spiro atoms. The van der Waals surface area contributed by atoms with Crippen LogP contribution in [0.1, 0.15) is 17.3 Å².